The molecule has 0 unspecified atom stereocenters. The summed E-state index contributed by atoms with van der Waals surface area (Å²) < 4.78 is 5.97. The second-order valence-corrected chi connectivity index (χ2v) is 8.02. The minimum atomic E-state index is -0.0909. The van der Waals surface area contributed by atoms with Gasteiger partial charge in [-0.15, -0.1) is 0 Å². The smallest absolute Gasteiger partial charge is 0.263 e. The number of carbonyl (C=O) groups is 1. The van der Waals surface area contributed by atoms with Crippen molar-refractivity contribution in [2.75, 3.05) is 18.0 Å². The van der Waals surface area contributed by atoms with E-state index in [1.165, 1.54) is 11.1 Å². The first-order valence-corrected chi connectivity index (χ1v) is 10.7. The van der Waals surface area contributed by atoms with Gasteiger partial charge in [0.25, 0.3) is 5.88 Å². The first-order valence-electron chi connectivity index (χ1n) is 10.7. The largest absolute Gasteiger partial charge is 0.436 e. The summed E-state index contributed by atoms with van der Waals surface area (Å²) in [4.78, 5) is 23.9. The van der Waals surface area contributed by atoms with E-state index in [1.54, 1.807) is 12.4 Å². The lowest BCUT2D eigenvalue weighted by molar-refractivity contribution is -0.125. The molecule has 1 saturated heterocycles. The van der Waals surface area contributed by atoms with E-state index in [1.807, 2.05) is 30.3 Å². The van der Waals surface area contributed by atoms with Crippen molar-refractivity contribution >= 4 is 11.7 Å². The molecule has 6 nitrogen and oxygen atoms in total. The summed E-state index contributed by atoms with van der Waals surface area (Å²) in [7, 11) is 0. The second kappa shape index (κ2) is 9.60. The van der Waals surface area contributed by atoms with Crippen molar-refractivity contribution in [3.05, 3.63) is 77.6 Å². The molecule has 160 valence electrons. The number of rotatable bonds is 6. The number of hydrogen-bond donors (Lipinski definition) is 1. The number of para-hydroxylation sites is 1. The van der Waals surface area contributed by atoms with Crippen LogP contribution >= 0.6 is 0 Å². The van der Waals surface area contributed by atoms with Gasteiger partial charge in [0.1, 0.15) is 5.75 Å². The molecule has 1 amide bonds. The summed E-state index contributed by atoms with van der Waals surface area (Å²) in [5.74, 6) is 1.84. The Hall–Kier alpha value is -3.41. The predicted octanol–water partition coefficient (Wildman–Crippen LogP) is 4.42. The normalized spacial score (nSPS) is 16.1. The van der Waals surface area contributed by atoms with Crippen LogP contribution in [0.4, 0.5) is 5.82 Å². The number of aromatic nitrogens is 2. The van der Waals surface area contributed by atoms with Crippen molar-refractivity contribution in [3.63, 3.8) is 0 Å². The third-order valence-electron chi connectivity index (χ3n) is 5.73. The quantitative estimate of drug-likeness (QED) is 0.644. The third kappa shape index (κ3) is 5.20. The lowest BCUT2D eigenvalue weighted by Gasteiger charge is -2.33. The van der Waals surface area contributed by atoms with Gasteiger partial charge in [0, 0.05) is 32.0 Å². The minimum absolute atomic E-state index is 0.0809. The van der Waals surface area contributed by atoms with Gasteiger partial charge >= 0.3 is 0 Å². The molecule has 1 fully saturated rings. The van der Waals surface area contributed by atoms with Crippen molar-refractivity contribution in [2.45, 2.75) is 33.2 Å². The molecule has 1 atom stereocenters. The van der Waals surface area contributed by atoms with Crippen LogP contribution < -0.4 is 15.0 Å². The predicted molar refractivity (Wildman–Crippen MR) is 121 cm³/mol. The molecular weight excluding hydrogens is 388 g/mol. The van der Waals surface area contributed by atoms with E-state index in [2.05, 4.69) is 52.2 Å². The summed E-state index contributed by atoms with van der Waals surface area (Å²) in [5, 5.41) is 3.11. The fraction of sp³-hybridized carbons (Fsp3) is 0.320. The van der Waals surface area contributed by atoms with E-state index >= 15 is 0 Å². The van der Waals surface area contributed by atoms with E-state index in [0.29, 0.717) is 30.5 Å². The number of piperidine rings is 1. The molecule has 0 saturated carbocycles. The fourth-order valence-corrected chi connectivity index (χ4v) is 3.84. The highest BCUT2D eigenvalue weighted by Crippen LogP contribution is 2.31. The van der Waals surface area contributed by atoms with Crippen molar-refractivity contribution in [3.8, 4) is 11.6 Å². The SMILES string of the molecule is Cc1ccc(CNC(=O)[C@H]2CCCN(c3nccnc3Oc3ccccc3)C2)cc1C. The van der Waals surface area contributed by atoms with E-state index in [4.69, 9.17) is 4.74 Å². The van der Waals surface area contributed by atoms with Crippen LogP contribution in [0, 0.1) is 19.8 Å². The van der Waals surface area contributed by atoms with Crippen LogP contribution in [0.3, 0.4) is 0 Å². The summed E-state index contributed by atoms with van der Waals surface area (Å²) >= 11 is 0. The van der Waals surface area contributed by atoms with E-state index in [9.17, 15) is 4.79 Å². The highest BCUT2D eigenvalue weighted by molar-refractivity contribution is 5.79. The molecule has 0 spiro atoms. The molecule has 2 heterocycles. The molecule has 0 bridgehead atoms. The second-order valence-electron chi connectivity index (χ2n) is 8.02. The molecule has 31 heavy (non-hydrogen) atoms. The van der Waals surface area contributed by atoms with Crippen LogP contribution in [-0.2, 0) is 11.3 Å². The molecule has 6 heteroatoms. The maximum absolute atomic E-state index is 12.9. The van der Waals surface area contributed by atoms with Gasteiger partial charge in [0.15, 0.2) is 5.82 Å². The monoisotopic (exact) mass is 416 g/mol. The van der Waals surface area contributed by atoms with Crippen molar-refractivity contribution in [1.29, 1.82) is 0 Å². The number of hydrogen-bond acceptors (Lipinski definition) is 5. The van der Waals surface area contributed by atoms with E-state index < -0.39 is 0 Å². The number of benzene rings is 2. The van der Waals surface area contributed by atoms with Gasteiger partial charge in [-0.2, -0.15) is 0 Å². The van der Waals surface area contributed by atoms with Gasteiger partial charge in [-0.3, -0.25) is 4.79 Å². The highest BCUT2D eigenvalue weighted by atomic mass is 16.5. The maximum Gasteiger partial charge on any atom is 0.263 e. The summed E-state index contributed by atoms with van der Waals surface area (Å²) in [6.07, 6.45) is 5.07. The molecule has 3 aromatic rings. The molecule has 1 N–H and O–H groups in total. The van der Waals surface area contributed by atoms with Crippen LogP contribution in [0.15, 0.2) is 60.9 Å². The number of ether oxygens (including phenoxy) is 1. The molecular formula is C25H28N4O2. The van der Waals surface area contributed by atoms with Crippen LogP contribution in [0.25, 0.3) is 0 Å². The number of aryl methyl sites for hydroxylation is 2. The average molecular weight is 417 g/mol. The van der Waals surface area contributed by atoms with Crippen LogP contribution in [0.1, 0.15) is 29.5 Å². The minimum Gasteiger partial charge on any atom is -0.436 e. The Morgan fingerprint density at radius 3 is 2.71 bits per heavy atom. The van der Waals surface area contributed by atoms with Gasteiger partial charge in [0.2, 0.25) is 5.91 Å². The third-order valence-corrected chi connectivity index (χ3v) is 5.73. The molecule has 1 aliphatic rings. The van der Waals surface area contributed by atoms with Crippen molar-refractivity contribution in [2.24, 2.45) is 5.92 Å². The Labute approximate surface area is 183 Å². The number of amides is 1. The Bertz CT molecular complexity index is 1040. The summed E-state index contributed by atoms with van der Waals surface area (Å²) in [6, 6.07) is 15.9. The lowest BCUT2D eigenvalue weighted by atomic mass is 9.97. The highest BCUT2D eigenvalue weighted by Gasteiger charge is 2.28. The summed E-state index contributed by atoms with van der Waals surface area (Å²) in [5.41, 5.74) is 3.62. The fourth-order valence-electron chi connectivity index (χ4n) is 3.84. The number of nitrogens with zero attached hydrogens (tertiary/aromatic N) is 3. The summed E-state index contributed by atoms with van der Waals surface area (Å²) in [6.45, 7) is 6.16. The number of nitrogens with one attached hydrogen (secondary N) is 1. The topological polar surface area (TPSA) is 67.4 Å². The van der Waals surface area contributed by atoms with Crippen molar-refractivity contribution < 1.29 is 9.53 Å². The zero-order valence-corrected chi connectivity index (χ0v) is 18.0. The van der Waals surface area contributed by atoms with E-state index in [-0.39, 0.29) is 11.8 Å². The first-order chi connectivity index (χ1) is 15.1. The Kier molecular flexibility index (Phi) is 6.46. The van der Waals surface area contributed by atoms with Crippen LogP contribution in [0.2, 0.25) is 0 Å². The van der Waals surface area contributed by atoms with Gasteiger partial charge < -0.3 is 15.0 Å². The van der Waals surface area contributed by atoms with Crippen LogP contribution in [0.5, 0.6) is 11.6 Å². The van der Waals surface area contributed by atoms with Crippen LogP contribution in [-0.4, -0.2) is 29.0 Å². The molecule has 0 aliphatic carbocycles. The average Bonchev–Trinajstić information content (AvgIpc) is 2.81. The Morgan fingerprint density at radius 1 is 1.10 bits per heavy atom. The molecule has 1 aromatic heterocycles. The van der Waals surface area contributed by atoms with Gasteiger partial charge in [-0.05, 0) is 55.5 Å². The standard InChI is InChI=1S/C25H28N4O2/c1-18-10-11-20(15-19(18)2)16-28-24(30)21-7-6-14-29(17-21)23-25(27-13-12-26-23)31-22-8-4-3-5-9-22/h3-5,8-13,15,21H,6-7,14,16-17H2,1-2H3,(H,28,30)/t21-/m0/s1. The number of carbonyl (C=O) groups excluding carboxylic acids is 1. The van der Waals surface area contributed by atoms with Crippen molar-refractivity contribution in [1.82, 2.24) is 15.3 Å². The molecule has 1 aliphatic heterocycles. The molecule has 2 aromatic carbocycles. The van der Waals surface area contributed by atoms with E-state index in [0.717, 1.165) is 24.9 Å². The maximum atomic E-state index is 12.9. The Balaban J connectivity index is 1.41. The molecule has 4 rings (SSSR count). The Morgan fingerprint density at radius 2 is 1.90 bits per heavy atom. The first kappa shape index (κ1) is 20.8. The van der Waals surface area contributed by atoms with Gasteiger partial charge in [0.05, 0.1) is 5.92 Å². The molecule has 0 radical (unpaired) electrons. The zero-order chi connectivity index (χ0) is 21.6. The zero-order valence-electron chi connectivity index (χ0n) is 18.0. The van der Waals surface area contributed by atoms with Gasteiger partial charge in [-0.1, -0.05) is 36.4 Å². The lowest BCUT2D eigenvalue weighted by Crippen LogP contribution is -2.43. The van der Waals surface area contributed by atoms with Gasteiger partial charge in [-0.25, -0.2) is 9.97 Å². The number of anilines is 1.